The van der Waals surface area contributed by atoms with Crippen LogP contribution in [0.1, 0.15) is 67.0 Å². The third-order valence-corrected chi connectivity index (χ3v) is 9.05. The molecule has 0 atom stereocenters. The lowest BCUT2D eigenvalue weighted by molar-refractivity contribution is 0.351. The van der Waals surface area contributed by atoms with E-state index in [0.717, 1.165) is 52.6 Å². The summed E-state index contributed by atoms with van der Waals surface area (Å²) in [5.74, 6) is 1.58. The Balaban J connectivity index is 1.56. The van der Waals surface area contributed by atoms with E-state index in [1.54, 1.807) is 23.1 Å². The molecule has 1 saturated carbocycles. The molecule has 160 valence electrons. The van der Waals surface area contributed by atoms with E-state index in [9.17, 15) is 4.79 Å². The van der Waals surface area contributed by atoms with Crippen LogP contribution in [-0.4, -0.2) is 19.2 Å². The molecule has 4 aromatic rings. The van der Waals surface area contributed by atoms with Crippen molar-refractivity contribution in [3.63, 3.8) is 0 Å². The zero-order valence-corrected chi connectivity index (χ0v) is 19.2. The van der Waals surface area contributed by atoms with Gasteiger partial charge in [0.05, 0.1) is 5.39 Å². The van der Waals surface area contributed by atoms with Crippen molar-refractivity contribution in [3.8, 4) is 0 Å². The maximum absolute atomic E-state index is 13.8. The van der Waals surface area contributed by atoms with Gasteiger partial charge in [0.15, 0.2) is 5.16 Å². The Bertz CT molecular complexity index is 1300. The Kier molecular flexibility index (Phi) is 5.11. The summed E-state index contributed by atoms with van der Waals surface area (Å²) in [5.41, 5.74) is 2.74. The highest BCUT2D eigenvalue weighted by Gasteiger charge is 2.28. The molecular weight excluding hydrogens is 424 g/mol. The van der Waals surface area contributed by atoms with Gasteiger partial charge in [0.25, 0.3) is 5.56 Å². The number of nitrogens with zero attached hydrogens (tertiary/aromatic N) is 4. The summed E-state index contributed by atoms with van der Waals surface area (Å²) >= 11 is 3.51. The summed E-state index contributed by atoms with van der Waals surface area (Å²) in [7, 11) is 0. The highest BCUT2D eigenvalue weighted by Crippen LogP contribution is 2.38. The number of thioether (sulfide) groups is 1. The van der Waals surface area contributed by atoms with E-state index in [-0.39, 0.29) is 11.6 Å². The number of rotatable bonds is 4. The second kappa shape index (κ2) is 8.10. The largest absolute Gasteiger partial charge is 0.273 e. The van der Waals surface area contributed by atoms with E-state index < -0.39 is 0 Å². The molecule has 0 saturated heterocycles. The normalized spacial score (nSPS) is 17.4. The van der Waals surface area contributed by atoms with Crippen molar-refractivity contribution in [2.45, 2.75) is 74.7 Å². The summed E-state index contributed by atoms with van der Waals surface area (Å²) in [6.45, 7) is 0. The van der Waals surface area contributed by atoms with Crippen LogP contribution in [0.15, 0.2) is 40.3 Å². The van der Waals surface area contributed by atoms with Crippen molar-refractivity contribution < 1.29 is 0 Å². The van der Waals surface area contributed by atoms with Crippen LogP contribution in [0.5, 0.6) is 0 Å². The number of fused-ring (bicyclic) bond motifs is 5. The molecule has 0 bridgehead atoms. The molecule has 3 aromatic heterocycles. The third kappa shape index (κ3) is 3.33. The van der Waals surface area contributed by atoms with Gasteiger partial charge in [0.2, 0.25) is 5.78 Å². The Morgan fingerprint density at radius 2 is 1.81 bits per heavy atom. The zero-order chi connectivity index (χ0) is 20.8. The molecule has 0 unspecified atom stereocenters. The van der Waals surface area contributed by atoms with Crippen molar-refractivity contribution in [2.24, 2.45) is 0 Å². The van der Waals surface area contributed by atoms with Crippen molar-refractivity contribution in [3.05, 3.63) is 56.7 Å². The van der Waals surface area contributed by atoms with Gasteiger partial charge in [-0.25, -0.2) is 4.40 Å². The minimum atomic E-state index is 0.167. The van der Waals surface area contributed by atoms with Crippen LogP contribution in [0.25, 0.3) is 16.0 Å². The minimum Gasteiger partial charge on any atom is -0.273 e. The second-order valence-corrected chi connectivity index (χ2v) is 10.8. The average molecular weight is 451 g/mol. The lowest BCUT2D eigenvalue weighted by Crippen LogP contribution is -2.29. The maximum atomic E-state index is 13.8. The van der Waals surface area contributed by atoms with Gasteiger partial charge < -0.3 is 0 Å². The molecule has 0 aliphatic heterocycles. The molecule has 2 aliphatic carbocycles. The van der Waals surface area contributed by atoms with E-state index in [2.05, 4.69) is 38.9 Å². The van der Waals surface area contributed by atoms with Gasteiger partial charge in [-0.1, -0.05) is 61.4 Å². The molecule has 2 aliphatic rings. The van der Waals surface area contributed by atoms with E-state index in [1.165, 1.54) is 48.1 Å². The molecular formula is C24H26N4OS2. The summed E-state index contributed by atoms with van der Waals surface area (Å²) in [5, 5.41) is 11.0. The van der Waals surface area contributed by atoms with Gasteiger partial charge >= 0.3 is 0 Å². The summed E-state index contributed by atoms with van der Waals surface area (Å²) in [6.07, 6.45) is 10.3. The molecule has 0 amide bonds. The first-order valence-corrected chi connectivity index (χ1v) is 13.2. The number of aromatic nitrogens is 4. The van der Waals surface area contributed by atoms with Gasteiger partial charge in [0.1, 0.15) is 4.83 Å². The zero-order valence-electron chi connectivity index (χ0n) is 17.5. The third-order valence-electron chi connectivity index (χ3n) is 6.77. The molecule has 31 heavy (non-hydrogen) atoms. The molecule has 1 aromatic carbocycles. The quantitative estimate of drug-likeness (QED) is 0.370. The van der Waals surface area contributed by atoms with Crippen LogP contribution < -0.4 is 5.56 Å². The van der Waals surface area contributed by atoms with E-state index in [0.29, 0.717) is 0 Å². The number of thiophene rings is 1. The highest BCUT2D eigenvalue weighted by atomic mass is 32.2. The standard InChI is InChI=1S/C24H26N4OS2/c29-21-20-18-13-7-8-14-19(18)31-22(20)28-23(27(21)17-11-5-2-6-12-17)25-26-24(28)30-15-16-9-3-1-4-10-16/h1,3-4,9-10,17H,2,5-8,11-15H2. The first-order valence-electron chi connectivity index (χ1n) is 11.4. The molecule has 5 nitrogen and oxygen atoms in total. The van der Waals surface area contributed by atoms with Crippen LogP contribution in [-0.2, 0) is 18.6 Å². The summed E-state index contributed by atoms with van der Waals surface area (Å²) in [4.78, 5) is 16.3. The summed E-state index contributed by atoms with van der Waals surface area (Å²) in [6, 6.07) is 10.7. The van der Waals surface area contributed by atoms with E-state index in [4.69, 9.17) is 0 Å². The lowest BCUT2D eigenvalue weighted by Gasteiger charge is -2.24. The van der Waals surface area contributed by atoms with Crippen LogP contribution in [0.4, 0.5) is 0 Å². The molecule has 3 heterocycles. The van der Waals surface area contributed by atoms with Gasteiger partial charge in [-0.05, 0) is 49.7 Å². The Hall–Kier alpha value is -2.12. The smallest absolute Gasteiger partial charge is 0.264 e. The van der Waals surface area contributed by atoms with Crippen molar-refractivity contribution in [1.82, 2.24) is 19.2 Å². The molecule has 0 radical (unpaired) electrons. The maximum Gasteiger partial charge on any atom is 0.264 e. The van der Waals surface area contributed by atoms with Gasteiger partial charge in [-0.3, -0.25) is 9.36 Å². The van der Waals surface area contributed by atoms with Crippen LogP contribution in [0, 0.1) is 0 Å². The molecule has 0 N–H and O–H groups in total. The Morgan fingerprint density at radius 3 is 2.65 bits per heavy atom. The molecule has 0 spiro atoms. The molecule has 1 fully saturated rings. The summed E-state index contributed by atoms with van der Waals surface area (Å²) < 4.78 is 4.20. The van der Waals surface area contributed by atoms with Gasteiger partial charge in [-0.2, -0.15) is 0 Å². The fraction of sp³-hybridized carbons (Fsp3) is 0.458. The highest BCUT2D eigenvalue weighted by molar-refractivity contribution is 7.98. The number of hydrogen-bond donors (Lipinski definition) is 0. The Morgan fingerprint density at radius 1 is 1.00 bits per heavy atom. The van der Waals surface area contributed by atoms with Crippen LogP contribution in [0.3, 0.4) is 0 Å². The molecule has 7 heteroatoms. The number of aryl methyl sites for hydroxylation is 2. The first kappa shape index (κ1) is 19.6. The fourth-order valence-electron chi connectivity index (χ4n) is 5.22. The van der Waals surface area contributed by atoms with Gasteiger partial charge in [-0.15, -0.1) is 21.5 Å². The molecule has 6 rings (SSSR count). The minimum absolute atomic E-state index is 0.167. The predicted octanol–water partition coefficient (Wildman–Crippen LogP) is 5.78. The predicted molar refractivity (Wildman–Crippen MR) is 127 cm³/mol. The monoisotopic (exact) mass is 450 g/mol. The fourth-order valence-corrected chi connectivity index (χ4v) is 7.55. The second-order valence-electron chi connectivity index (χ2n) is 8.75. The Labute approximate surface area is 189 Å². The van der Waals surface area contributed by atoms with E-state index >= 15 is 0 Å². The van der Waals surface area contributed by atoms with Crippen LogP contribution in [0.2, 0.25) is 0 Å². The van der Waals surface area contributed by atoms with Crippen molar-refractivity contribution in [1.29, 1.82) is 0 Å². The number of hydrogen-bond acceptors (Lipinski definition) is 5. The van der Waals surface area contributed by atoms with Crippen molar-refractivity contribution >= 4 is 39.1 Å². The SMILES string of the molecule is O=c1c2c3c(sc2n2c(SCc4ccccc4)nnc2n1C1CCCCC1)CCCC3. The average Bonchev–Trinajstić information content (AvgIpc) is 3.41. The van der Waals surface area contributed by atoms with Gasteiger partial charge in [0, 0.05) is 16.7 Å². The topological polar surface area (TPSA) is 52.2 Å². The lowest BCUT2D eigenvalue weighted by atomic mass is 9.94. The van der Waals surface area contributed by atoms with Crippen molar-refractivity contribution in [2.75, 3.05) is 0 Å². The first-order chi connectivity index (χ1) is 15.3. The van der Waals surface area contributed by atoms with E-state index in [1.807, 2.05) is 10.6 Å². The number of benzene rings is 1. The van der Waals surface area contributed by atoms with Crippen LogP contribution >= 0.6 is 23.1 Å².